The highest BCUT2D eigenvalue weighted by molar-refractivity contribution is 5.63. The second-order valence-corrected chi connectivity index (χ2v) is 7.03. The zero-order valence-electron chi connectivity index (χ0n) is 14.7. The fourth-order valence-electron chi connectivity index (χ4n) is 3.47. The summed E-state index contributed by atoms with van der Waals surface area (Å²) in [6.45, 7) is 7.42. The van der Waals surface area contributed by atoms with Crippen LogP contribution in [0.15, 0.2) is 59.0 Å². The Hall–Kier alpha value is -2.82. The van der Waals surface area contributed by atoms with E-state index in [2.05, 4.69) is 65.5 Å². The molecule has 5 nitrogen and oxygen atoms in total. The number of nitrogens with one attached hydrogen (secondary N) is 1. The Labute approximate surface area is 147 Å². The van der Waals surface area contributed by atoms with E-state index in [9.17, 15) is 0 Å². The normalized spacial score (nSPS) is 18.2. The molecule has 0 amide bonds. The molecule has 0 fully saturated rings. The minimum absolute atomic E-state index is 0.0851. The predicted molar refractivity (Wildman–Crippen MR) is 99.1 cm³/mol. The van der Waals surface area contributed by atoms with E-state index in [0.717, 1.165) is 5.69 Å². The second kappa shape index (κ2) is 5.92. The first-order valence-electron chi connectivity index (χ1n) is 8.56. The minimum Gasteiger partial charge on any atom is -0.406 e. The van der Waals surface area contributed by atoms with Crippen molar-refractivity contribution in [3.8, 4) is 0 Å². The molecular formula is C20H22N4O. The Morgan fingerprint density at radius 3 is 2.56 bits per heavy atom. The maximum atomic E-state index is 5.81. The first-order chi connectivity index (χ1) is 12.1. The Bertz CT molecular complexity index is 872. The number of rotatable bonds is 4. The van der Waals surface area contributed by atoms with E-state index in [1.807, 2.05) is 30.3 Å². The fraction of sp³-hybridized carbons (Fsp3) is 0.300. The third-order valence-corrected chi connectivity index (χ3v) is 5.22. The molecule has 1 aromatic heterocycles. The van der Waals surface area contributed by atoms with Crippen molar-refractivity contribution >= 4 is 17.4 Å². The number of hydrogen-bond acceptors (Lipinski definition) is 5. The van der Waals surface area contributed by atoms with Crippen molar-refractivity contribution in [2.45, 2.75) is 38.8 Å². The summed E-state index contributed by atoms with van der Waals surface area (Å²) in [6.07, 6.45) is 0. The van der Waals surface area contributed by atoms with Crippen LogP contribution < -0.4 is 10.2 Å². The summed E-state index contributed by atoms with van der Waals surface area (Å²) in [4.78, 5) is 2.34. The molecule has 0 saturated carbocycles. The third kappa shape index (κ3) is 2.76. The quantitative estimate of drug-likeness (QED) is 0.761. The molecule has 128 valence electrons. The van der Waals surface area contributed by atoms with E-state index in [-0.39, 0.29) is 5.41 Å². The summed E-state index contributed by atoms with van der Waals surface area (Å²) in [6, 6.07) is 19.1. The van der Waals surface area contributed by atoms with Crippen molar-refractivity contribution in [3.63, 3.8) is 0 Å². The number of aromatic nitrogens is 2. The molecule has 1 aliphatic heterocycles. The average Bonchev–Trinajstić information content (AvgIpc) is 3.13. The van der Waals surface area contributed by atoms with E-state index < -0.39 is 0 Å². The molecule has 1 aliphatic rings. The minimum atomic E-state index is 0.0851. The van der Waals surface area contributed by atoms with Gasteiger partial charge < -0.3 is 14.6 Å². The summed E-state index contributed by atoms with van der Waals surface area (Å²) in [5.74, 6) is 0.609. The van der Waals surface area contributed by atoms with Gasteiger partial charge in [-0.25, -0.2) is 0 Å². The van der Waals surface area contributed by atoms with Crippen molar-refractivity contribution in [3.05, 3.63) is 66.1 Å². The SMILES string of the molecule is CC1N(Cc2nnc(Nc3ccccc3)o2)c2ccccc2C1(C)C. The van der Waals surface area contributed by atoms with Gasteiger partial charge in [-0.2, -0.15) is 0 Å². The summed E-state index contributed by atoms with van der Waals surface area (Å²) >= 11 is 0. The maximum Gasteiger partial charge on any atom is 0.320 e. The van der Waals surface area contributed by atoms with Crippen molar-refractivity contribution < 1.29 is 4.42 Å². The molecule has 25 heavy (non-hydrogen) atoms. The molecule has 4 rings (SSSR count). The molecule has 5 heteroatoms. The van der Waals surface area contributed by atoms with Gasteiger partial charge in [0.2, 0.25) is 5.89 Å². The second-order valence-electron chi connectivity index (χ2n) is 7.03. The number of fused-ring (bicyclic) bond motifs is 1. The van der Waals surface area contributed by atoms with E-state index in [1.165, 1.54) is 11.3 Å². The number of para-hydroxylation sites is 2. The van der Waals surface area contributed by atoms with Gasteiger partial charge in [0, 0.05) is 22.8 Å². The Morgan fingerprint density at radius 2 is 1.76 bits per heavy atom. The topological polar surface area (TPSA) is 54.2 Å². The van der Waals surface area contributed by atoms with E-state index in [0.29, 0.717) is 24.5 Å². The molecule has 1 atom stereocenters. The van der Waals surface area contributed by atoms with Crippen LogP contribution in [0, 0.1) is 0 Å². The lowest BCUT2D eigenvalue weighted by Gasteiger charge is -2.30. The molecule has 3 aromatic rings. The van der Waals surface area contributed by atoms with Gasteiger partial charge in [0.05, 0.1) is 6.54 Å². The summed E-state index contributed by atoms with van der Waals surface area (Å²) in [5, 5.41) is 11.5. The monoisotopic (exact) mass is 334 g/mol. The Morgan fingerprint density at radius 1 is 1.04 bits per heavy atom. The van der Waals surface area contributed by atoms with Crippen molar-refractivity contribution in [2.75, 3.05) is 10.2 Å². The zero-order valence-corrected chi connectivity index (χ0v) is 14.7. The summed E-state index contributed by atoms with van der Waals surface area (Å²) in [5.41, 5.74) is 3.63. The van der Waals surface area contributed by atoms with Gasteiger partial charge in [0.15, 0.2) is 0 Å². The van der Waals surface area contributed by atoms with Gasteiger partial charge in [0.1, 0.15) is 0 Å². The molecule has 1 N–H and O–H groups in total. The lowest BCUT2D eigenvalue weighted by Crippen LogP contribution is -2.38. The van der Waals surface area contributed by atoms with Crippen LogP contribution in [-0.4, -0.2) is 16.2 Å². The highest BCUT2D eigenvalue weighted by Gasteiger charge is 2.41. The number of nitrogens with zero attached hydrogens (tertiary/aromatic N) is 3. The molecule has 0 spiro atoms. The lowest BCUT2D eigenvalue weighted by atomic mass is 9.81. The third-order valence-electron chi connectivity index (χ3n) is 5.22. The smallest absolute Gasteiger partial charge is 0.320 e. The first kappa shape index (κ1) is 15.7. The van der Waals surface area contributed by atoms with Crippen LogP contribution in [-0.2, 0) is 12.0 Å². The molecule has 2 aromatic carbocycles. The Balaban J connectivity index is 1.55. The van der Waals surface area contributed by atoms with Crippen molar-refractivity contribution in [1.82, 2.24) is 10.2 Å². The number of anilines is 3. The van der Waals surface area contributed by atoms with E-state index in [4.69, 9.17) is 4.42 Å². The van der Waals surface area contributed by atoms with Crippen LogP contribution in [0.3, 0.4) is 0 Å². The van der Waals surface area contributed by atoms with Gasteiger partial charge in [-0.1, -0.05) is 55.3 Å². The van der Waals surface area contributed by atoms with Crippen LogP contribution in [0.25, 0.3) is 0 Å². The van der Waals surface area contributed by atoms with Gasteiger partial charge >= 0.3 is 6.01 Å². The first-order valence-corrected chi connectivity index (χ1v) is 8.56. The molecule has 0 bridgehead atoms. The molecule has 2 heterocycles. The van der Waals surface area contributed by atoms with Crippen LogP contribution in [0.4, 0.5) is 17.4 Å². The highest BCUT2D eigenvalue weighted by atomic mass is 16.4. The number of benzene rings is 2. The van der Waals surface area contributed by atoms with Gasteiger partial charge in [-0.15, -0.1) is 5.10 Å². The highest BCUT2D eigenvalue weighted by Crippen LogP contribution is 2.45. The maximum absolute atomic E-state index is 5.81. The van der Waals surface area contributed by atoms with Crippen LogP contribution in [0.1, 0.15) is 32.2 Å². The van der Waals surface area contributed by atoms with E-state index >= 15 is 0 Å². The van der Waals surface area contributed by atoms with Gasteiger partial charge in [-0.05, 0) is 30.7 Å². The van der Waals surface area contributed by atoms with Gasteiger partial charge in [0.25, 0.3) is 0 Å². The zero-order chi connectivity index (χ0) is 17.4. The molecule has 0 saturated heterocycles. The fourth-order valence-corrected chi connectivity index (χ4v) is 3.47. The Kier molecular flexibility index (Phi) is 3.71. The average molecular weight is 334 g/mol. The van der Waals surface area contributed by atoms with Gasteiger partial charge in [-0.3, -0.25) is 0 Å². The van der Waals surface area contributed by atoms with Crippen molar-refractivity contribution in [2.24, 2.45) is 0 Å². The number of hydrogen-bond donors (Lipinski definition) is 1. The molecule has 0 radical (unpaired) electrons. The van der Waals surface area contributed by atoms with E-state index in [1.54, 1.807) is 0 Å². The summed E-state index contributed by atoms with van der Waals surface area (Å²) < 4.78 is 5.81. The standard InChI is InChI=1S/C20H22N4O/c1-14-20(2,3)16-11-7-8-12-17(16)24(14)13-18-22-23-19(25-18)21-15-9-5-4-6-10-15/h4-12,14H,13H2,1-3H3,(H,21,23). The van der Waals surface area contributed by atoms with Crippen LogP contribution >= 0.6 is 0 Å². The lowest BCUT2D eigenvalue weighted by molar-refractivity contribution is 0.420. The van der Waals surface area contributed by atoms with Crippen molar-refractivity contribution in [1.29, 1.82) is 0 Å². The molecule has 0 aliphatic carbocycles. The van der Waals surface area contributed by atoms with Crippen LogP contribution in [0.2, 0.25) is 0 Å². The largest absolute Gasteiger partial charge is 0.406 e. The molecular weight excluding hydrogens is 312 g/mol. The molecule has 1 unspecified atom stereocenters. The van der Waals surface area contributed by atoms with Crippen LogP contribution in [0.5, 0.6) is 0 Å². The summed E-state index contributed by atoms with van der Waals surface area (Å²) in [7, 11) is 0. The predicted octanol–water partition coefficient (Wildman–Crippen LogP) is 4.50.